The Bertz CT molecular complexity index is 488. The van der Waals surface area contributed by atoms with Crippen LogP contribution in [-0.2, 0) is 9.59 Å². The highest BCUT2D eigenvalue weighted by molar-refractivity contribution is 6.30. The Kier molecular flexibility index (Phi) is 4.07. The van der Waals surface area contributed by atoms with Gasteiger partial charge in [0.2, 0.25) is 0 Å². The molecule has 5 nitrogen and oxygen atoms in total. The van der Waals surface area contributed by atoms with Crippen LogP contribution in [-0.4, -0.2) is 39.6 Å². The van der Waals surface area contributed by atoms with Crippen molar-refractivity contribution in [2.75, 3.05) is 6.54 Å². The molecule has 1 aliphatic heterocycles. The number of nitrogens with zero attached hydrogens (tertiary/aromatic N) is 1. The molecular weight excluding hydrogens is 270 g/mol. The van der Waals surface area contributed by atoms with Gasteiger partial charge in [0.1, 0.15) is 12.1 Å². The lowest BCUT2D eigenvalue weighted by atomic mass is 10.0. The SMILES string of the molecule is O=C(O)C1CCCN1C(C(=O)O)c1ccc(Cl)cc1. The summed E-state index contributed by atoms with van der Waals surface area (Å²) < 4.78 is 0. The summed E-state index contributed by atoms with van der Waals surface area (Å²) >= 11 is 5.78. The highest BCUT2D eigenvalue weighted by atomic mass is 35.5. The third-order valence-corrected chi connectivity index (χ3v) is 3.58. The number of carboxylic acids is 2. The Hall–Kier alpha value is -1.59. The van der Waals surface area contributed by atoms with Gasteiger partial charge in [-0.3, -0.25) is 14.5 Å². The van der Waals surface area contributed by atoms with Crippen LogP contribution in [0.1, 0.15) is 24.4 Å². The number of rotatable bonds is 4. The van der Waals surface area contributed by atoms with Crippen LogP contribution >= 0.6 is 11.6 Å². The third kappa shape index (κ3) is 2.88. The summed E-state index contributed by atoms with van der Waals surface area (Å²) in [6, 6.07) is 4.78. The molecule has 0 saturated carbocycles. The minimum atomic E-state index is -1.05. The minimum absolute atomic E-state index is 0.469. The van der Waals surface area contributed by atoms with Gasteiger partial charge in [-0.2, -0.15) is 0 Å². The molecule has 0 amide bonds. The number of carboxylic acid groups (broad SMARTS) is 2. The molecule has 1 fully saturated rings. The van der Waals surface area contributed by atoms with Gasteiger partial charge in [0.15, 0.2) is 0 Å². The van der Waals surface area contributed by atoms with Gasteiger partial charge >= 0.3 is 11.9 Å². The largest absolute Gasteiger partial charge is 0.480 e. The van der Waals surface area contributed by atoms with Gasteiger partial charge in [-0.05, 0) is 30.5 Å². The van der Waals surface area contributed by atoms with Gasteiger partial charge in [0.25, 0.3) is 0 Å². The monoisotopic (exact) mass is 283 g/mol. The number of likely N-dealkylation sites (tertiary alicyclic amines) is 1. The number of halogens is 1. The molecule has 2 unspecified atom stereocenters. The Balaban J connectivity index is 2.32. The molecule has 19 heavy (non-hydrogen) atoms. The van der Waals surface area contributed by atoms with E-state index in [1.54, 1.807) is 24.3 Å². The van der Waals surface area contributed by atoms with Gasteiger partial charge in [-0.25, -0.2) is 0 Å². The topological polar surface area (TPSA) is 77.8 Å². The predicted molar refractivity (Wildman–Crippen MR) is 69.2 cm³/mol. The van der Waals surface area contributed by atoms with Crippen molar-refractivity contribution in [2.24, 2.45) is 0 Å². The smallest absolute Gasteiger partial charge is 0.325 e. The van der Waals surface area contributed by atoms with Crippen LogP contribution in [0.5, 0.6) is 0 Å². The van der Waals surface area contributed by atoms with E-state index in [9.17, 15) is 14.7 Å². The lowest BCUT2D eigenvalue weighted by molar-refractivity contribution is -0.149. The first-order valence-corrected chi connectivity index (χ1v) is 6.35. The van der Waals surface area contributed by atoms with Crippen LogP contribution in [0.25, 0.3) is 0 Å². The van der Waals surface area contributed by atoms with E-state index in [1.807, 2.05) is 0 Å². The number of hydrogen-bond acceptors (Lipinski definition) is 3. The lowest BCUT2D eigenvalue weighted by Crippen LogP contribution is -2.41. The number of benzene rings is 1. The quantitative estimate of drug-likeness (QED) is 0.884. The van der Waals surface area contributed by atoms with E-state index in [-0.39, 0.29) is 0 Å². The predicted octanol–water partition coefficient (Wildman–Crippen LogP) is 2.01. The Morgan fingerprint density at radius 1 is 1.26 bits per heavy atom. The summed E-state index contributed by atoms with van der Waals surface area (Å²) in [7, 11) is 0. The molecule has 0 radical (unpaired) electrons. The molecule has 0 aliphatic carbocycles. The summed E-state index contributed by atoms with van der Waals surface area (Å²) in [5.74, 6) is -2.02. The highest BCUT2D eigenvalue weighted by Gasteiger charge is 2.39. The van der Waals surface area contributed by atoms with Crippen molar-refractivity contribution in [3.63, 3.8) is 0 Å². The average molecular weight is 284 g/mol. The molecular formula is C13H14ClNO4. The summed E-state index contributed by atoms with van der Waals surface area (Å²) in [5, 5.41) is 19.1. The summed E-state index contributed by atoms with van der Waals surface area (Å²) in [6.45, 7) is 0.469. The Morgan fingerprint density at radius 3 is 2.42 bits per heavy atom. The molecule has 0 bridgehead atoms. The normalized spacial score (nSPS) is 21.2. The van der Waals surface area contributed by atoms with Crippen molar-refractivity contribution < 1.29 is 19.8 Å². The van der Waals surface area contributed by atoms with Crippen molar-refractivity contribution in [2.45, 2.75) is 24.9 Å². The zero-order chi connectivity index (χ0) is 14.0. The number of carbonyl (C=O) groups is 2. The maximum absolute atomic E-state index is 11.5. The Labute approximate surface area is 115 Å². The highest BCUT2D eigenvalue weighted by Crippen LogP contribution is 2.30. The molecule has 6 heteroatoms. The van der Waals surface area contributed by atoms with E-state index < -0.39 is 24.0 Å². The average Bonchev–Trinajstić information content (AvgIpc) is 2.80. The molecule has 1 saturated heterocycles. The van der Waals surface area contributed by atoms with E-state index >= 15 is 0 Å². The number of hydrogen-bond donors (Lipinski definition) is 2. The van der Waals surface area contributed by atoms with E-state index in [2.05, 4.69) is 0 Å². The van der Waals surface area contributed by atoms with Crippen molar-refractivity contribution in [3.05, 3.63) is 34.9 Å². The summed E-state index contributed by atoms with van der Waals surface area (Å²) in [4.78, 5) is 24.2. The van der Waals surface area contributed by atoms with E-state index in [4.69, 9.17) is 16.7 Å². The van der Waals surface area contributed by atoms with Crippen LogP contribution in [0.3, 0.4) is 0 Å². The zero-order valence-electron chi connectivity index (χ0n) is 10.1. The molecule has 1 aromatic rings. The first-order chi connectivity index (χ1) is 9.00. The van der Waals surface area contributed by atoms with Crippen molar-refractivity contribution in [3.8, 4) is 0 Å². The van der Waals surface area contributed by atoms with E-state index in [0.717, 1.165) is 0 Å². The van der Waals surface area contributed by atoms with Crippen LogP contribution < -0.4 is 0 Å². The number of aliphatic carboxylic acids is 2. The second-order valence-electron chi connectivity index (χ2n) is 4.53. The van der Waals surface area contributed by atoms with Crippen molar-refractivity contribution >= 4 is 23.5 Å². The molecule has 2 atom stereocenters. The minimum Gasteiger partial charge on any atom is -0.480 e. The molecule has 1 aromatic carbocycles. The maximum Gasteiger partial charge on any atom is 0.325 e. The molecule has 2 rings (SSSR count). The Morgan fingerprint density at radius 2 is 1.89 bits per heavy atom. The molecule has 0 spiro atoms. The standard InChI is InChI=1S/C13H14ClNO4/c14-9-5-3-8(4-6-9)11(13(18)19)15-7-1-2-10(15)12(16)17/h3-6,10-11H,1-2,7H2,(H,16,17)(H,18,19). The fraction of sp³-hybridized carbons (Fsp3) is 0.385. The lowest BCUT2D eigenvalue weighted by Gasteiger charge is -2.28. The van der Waals surface area contributed by atoms with Gasteiger partial charge in [-0.1, -0.05) is 23.7 Å². The maximum atomic E-state index is 11.5. The molecule has 1 heterocycles. The van der Waals surface area contributed by atoms with Crippen LogP contribution in [0, 0.1) is 0 Å². The molecule has 2 N–H and O–H groups in total. The van der Waals surface area contributed by atoms with Gasteiger partial charge in [-0.15, -0.1) is 0 Å². The molecule has 1 aliphatic rings. The van der Waals surface area contributed by atoms with Crippen LogP contribution in [0.4, 0.5) is 0 Å². The van der Waals surface area contributed by atoms with Crippen LogP contribution in [0.2, 0.25) is 5.02 Å². The van der Waals surface area contributed by atoms with Gasteiger partial charge in [0, 0.05) is 11.6 Å². The van der Waals surface area contributed by atoms with Crippen LogP contribution in [0.15, 0.2) is 24.3 Å². The summed E-state index contributed by atoms with van der Waals surface area (Å²) in [5.41, 5.74) is 0.546. The fourth-order valence-corrected chi connectivity index (χ4v) is 2.61. The van der Waals surface area contributed by atoms with E-state index in [0.29, 0.717) is 30.0 Å². The van der Waals surface area contributed by atoms with Crippen molar-refractivity contribution in [1.82, 2.24) is 4.90 Å². The fourth-order valence-electron chi connectivity index (χ4n) is 2.48. The molecule has 102 valence electrons. The summed E-state index contributed by atoms with van der Waals surface area (Å²) in [6.07, 6.45) is 1.17. The first-order valence-electron chi connectivity index (χ1n) is 5.97. The first kappa shape index (κ1) is 13.8. The van der Waals surface area contributed by atoms with Crippen molar-refractivity contribution in [1.29, 1.82) is 0 Å². The van der Waals surface area contributed by atoms with Gasteiger partial charge < -0.3 is 10.2 Å². The molecule has 0 aromatic heterocycles. The third-order valence-electron chi connectivity index (χ3n) is 3.33. The van der Waals surface area contributed by atoms with E-state index in [1.165, 1.54) is 4.90 Å². The second-order valence-corrected chi connectivity index (χ2v) is 4.96. The second kappa shape index (κ2) is 5.59. The van der Waals surface area contributed by atoms with Gasteiger partial charge in [0.05, 0.1) is 0 Å². The zero-order valence-corrected chi connectivity index (χ0v) is 10.9.